The summed E-state index contributed by atoms with van der Waals surface area (Å²) in [6.07, 6.45) is 3.11. The van der Waals surface area contributed by atoms with E-state index in [0.717, 1.165) is 35.3 Å². The van der Waals surface area contributed by atoms with Gasteiger partial charge >= 0.3 is 0 Å². The number of hydrogen-bond donors (Lipinski definition) is 0. The minimum absolute atomic E-state index is 0.156. The number of aryl methyl sites for hydroxylation is 1. The fraction of sp³-hybridized carbons (Fsp3) is 0.529. The molecule has 2 aromatic rings. The summed E-state index contributed by atoms with van der Waals surface area (Å²) in [5.41, 5.74) is 3.28. The molecule has 5 nitrogen and oxygen atoms in total. The maximum absolute atomic E-state index is 12.4. The van der Waals surface area contributed by atoms with E-state index in [9.17, 15) is 4.79 Å². The molecule has 0 aromatic carbocycles. The highest BCUT2D eigenvalue weighted by Crippen LogP contribution is 2.29. The van der Waals surface area contributed by atoms with Gasteiger partial charge in [0.25, 0.3) is 0 Å². The Labute approximate surface area is 141 Å². The normalized spacial score (nSPS) is 14.3. The molecule has 2 aromatic heterocycles. The van der Waals surface area contributed by atoms with Gasteiger partial charge in [-0.05, 0) is 25.0 Å². The summed E-state index contributed by atoms with van der Waals surface area (Å²) in [4.78, 5) is 18.7. The number of amides is 1. The lowest BCUT2D eigenvalue weighted by Crippen LogP contribution is -2.38. The van der Waals surface area contributed by atoms with E-state index in [0.29, 0.717) is 37.7 Å². The summed E-state index contributed by atoms with van der Waals surface area (Å²) in [5, 5.41) is 1.72. The molecule has 0 fully saturated rings. The van der Waals surface area contributed by atoms with Crippen molar-refractivity contribution in [3.05, 3.63) is 28.5 Å². The number of pyridine rings is 1. The van der Waals surface area contributed by atoms with Crippen LogP contribution >= 0.6 is 11.6 Å². The Morgan fingerprint density at radius 2 is 2.22 bits per heavy atom. The van der Waals surface area contributed by atoms with E-state index in [1.54, 1.807) is 6.20 Å². The molecule has 3 heterocycles. The van der Waals surface area contributed by atoms with Crippen molar-refractivity contribution >= 4 is 28.5 Å². The van der Waals surface area contributed by atoms with E-state index < -0.39 is 0 Å². The Kier molecular flexibility index (Phi) is 4.87. The third-order valence-corrected chi connectivity index (χ3v) is 4.55. The molecule has 0 radical (unpaired) electrons. The first-order valence-corrected chi connectivity index (χ1v) is 8.48. The quantitative estimate of drug-likeness (QED) is 0.788. The van der Waals surface area contributed by atoms with Gasteiger partial charge in [0.05, 0.1) is 24.6 Å². The van der Waals surface area contributed by atoms with E-state index in [1.165, 1.54) is 0 Å². The SMILES string of the molecule is CCCOCCC(=O)N1CCn2c(c(C)c3cc(Cl)cnc32)C1. The van der Waals surface area contributed by atoms with E-state index >= 15 is 0 Å². The number of nitrogens with zero attached hydrogens (tertiary/aromatic N) is 3. The van der Waals surface area contributed by atoms with Crippen LogP contribution < -0.4 is 0 Å². The fourth-order valence-corrected chi connectivity index (χ4v) is 3.27. The minimum atomic E-state index is 0.156. The van der Waals surface area contributed by atoms with E-state index in [2.05, 4.69) is 23.4 Å². The number of ether oxygens (including phenoxy) is 1. The van der Waals surface area contributed by atoms with Gasteiger partial charge in [-0.3, -0.25) is 4.79 Å². The van der Waals surface area contributed by atoms with Crippen molar-refractivity contribution in [1.29, 1.82) is 0 Å². The zero-order valence-electron chi connectivity index (χ0n) is 13.6. The fourth-order valence-electron chi connectivity index (χ4n) is 3.11. The molecule has 0 aliphatic carbocycles. The van der Waals surface area contributed by atoms with Crippen LogP contribution in [0.4, 0.5) is 0 Å². The Bertz CT molecular complexity index is 726. The van der Waals surface area contributed by atoms with Crippen molar-refractivity contribution in [3.8, 4) is 0 Å². The van der Waals surface area contributed by atoms with Gasteiger partial charge in [-0.1, -0.05) is 18.5 Å². The largest absolute Gasteiger partial charge is 0.381 e. The number of carbonyl (C=O) groups is 1. The van der Waals surface area contributed by atoms with Gasteiger partial charge in [0, 0.05) is 37.0 Å². The zero-order chi connectivity index (χ0) is 16.4. The predicted octanol–water partition coefficient (Wildman–Crippen LogP) is 3.16. The highest BCUT2D eigenvalue weighted by Gasteiger charge is 2.25. The predicted molar refractivity (Wildman–Crippen MR) is 90.6 cm³/mol. The van der Waals surface area contributed by atoms with Gasteiger partial charge in [-0.2, -0.15) is 0 Å². The summed E-state index contributed by atoms with van der Waals surface area (Å²) in [5.74, 6) is 0.156. The molecular formula is C17H22ClN3O2. The van der Waals surface area contributed by atoms with Crippen LogP contribution in [0.2, 0.25) is 5.02 Å². The van der Waals surface area contributed by atoms with Crippen molar-refractivity contribution in [3.63, 3.8) is 0 Å². The highest BCUT2D eigenvalue weighted by atomic mass is 35.5. The van der Waals surface area contributed by atoms with Gasteiger partial charge in [-0.15, -0.1) is 0 Å². The van der Waals surface area contributed by atoms with E-state index in [1.807, 2.05) is 11.0 Å². The van der Waals surface area contributed by atoms with Crippen molar-refractivity contribution < 1.29 is 9.53 Å². The van der Waals surface area contributed by atoms with Gasteiger partial charge in [-0.25, -0.2) is 4.98 Å². The molecule has 1 amide bonds. The molecule has 1 aliphatic rings. The Hall–Kier alpha value is -1.59. The average Bonchev–Trinajstić information content (AvgIpc) is 2.83. The third-order valence-electron chi connectivity index (χ3n) is 4.35. The average molecular weight is 336 g/mol. The number of hydrogen-bond acceptors (Lipinski definition) is 3. The van der Waals surface area contributed by atoms with Crippen molar-refractivity contribution in [1.82, 2.24) is 14.5 Å². The standard InChI is InChI=1S/C17H22ClN3O2/c1-3-7-23-8-4-16(22)20-5-6-21-15(11-20)12(2)14-9-13(18)10-19-17(14)21/h9-10H,3-8,11H2,1-2H3. The molecule has 0 atom stereocenters. The lowest BCUT2D eigenvalue weighted by Gasteiger charge is -2.29. The first-order valence-electron chi connectivity index (χ1n) is 8.10. The van der Waals surface area contributed by atoms with Crippen LogP contribution in [0.25, 0.3) is 11.0 Å². The van der Waals surface area contributed by atoms with Crippen LogP contribution in [0.3, 0.4) is 0 Å². The van der Waals surface area contributed by atoms with Gasteiger partial charge in [0.2, 0.25) is 5.91 Å². The van der Waals surface area contributed by atoms with Crippen molar-refractivity contribution in [2.24, 2.45) is 0 Å². The molecule has 0 bridgehead atoms. The van der Waals surface area contributed by atoms with Crippen LogP contribution in [-0.4, -0.2) is 40.1 Å². The number of carbonyl (C=O) groups excluding carboxylic acids is 1. The molecule has 6 heteroatoms. The first kappa shape index (κ1) is 16.3. The number of halogens is 1. The minimum Gasteiger partial charge on any atom is -0.381 e. The number of fused-ring (bicyclic) bond motifs is 3. The molecule has 1 aliphatic heterocycles. The molecule has 0 spiro atoms. The van der Waals surface area contributed by atoms with Crippen LogP contribution in [0.1, 0.15) is 31.0 Å². The number of rotatable bonds is 5. The van der Waals surface area contributed by atoms with Crippen LogP contribution in [0.5, 0.6) is 0 Å². The summed E-state index contributed by atoms with van der Waals surface area (Å²) in [6, 6.07) is 1.95. The Morgan fingerprint density at radius 1 is 1.39 bits per heavy atom. The van der Waals surface area contributed by atoms with E-state index in [-0.39, 0.29) is 5.91 Å². The molecule has 0 saturated heterocycles. The summed E-state index contributed by atoms with van der Waals surface area (Å²) in [6.45, 7) is 7.48. The summed E-state index contributed by atoms with van der Waals surface area (Å²) >= 11 is 6.07. The number of aromatic nitrogens is 2. The molecule has 3 rings (SSSR count). The highest BCUT2D eigenvalue weighted by molar-refractivity contribution is 6.31. The molecule has 124 valence electrons. The van der Waals surface area contributed by atoms with Crippen molar-refractivity contribution in [2.75, 3.05) is 19.8 Å². The van der Waals surface area contributed by atoms with Crippen molar-refractivity contribution in [2.45, 2.75) is 39.8 Å². The second-order valence-electron chi connectivity index (χ2n) is 5.93. The van der Waals surface area contributed by atoms with Crippen LogP contribution in [-0.2, 0) is 22.6 Å². The molecular weight excluding hydrogens is 314 g/mol. The second kappa shape index (κ2) is 6.89. The lowest BCUT2D eigenvalue weighted by atomic mass is 10.1. The maximum atomic E-state index is 12.4. The maximum Gasteiger partial charge on any atom is 0.225 e. The third kappa shape index (κ3) is 3.21. The molecule has 0 unspecified atom stereocenters. The van der Waals surface area contributed by atoms with Gasteiger partial charge in [0.1, 0.15) is 5.65 Å². The lowest BCUT2D eigenvalue weighted by molar-refractivity contribution is -0.133. The zero-order valence-corrected chi connectivity index (χ0v) is 14.4. The monoisotopic (exact) mass is 335 g/mol. The molecule has 0 saturated carbocycles. The van der Waals surface area contributed by atoms with Crippen LogP contribution in [0.15, 0.2) is 12.3 Å². The molecule has 0 N–H and O–H groups in total. The smallest absolute Gasteiger partial charge is 0.225 e. The molecule has 23 heavy (non-hydrogen) atoms. The van der Waals surface area contributed by atoms with Gasteiger partial charge < -0.3 is 14.2 Å². The summed E-state index contributed by atoms with van der Waals surface area (Å²) in [7, 11) is 0. The summed E-state index contributed by atoms with van der Waals surface area (Å²) < 4.78 is 7.63. The Morgan fingerprint density at radius 3 is 3.00 bits per heavy atom. The first-order chi connectivity index (χ1) is 11.1. The van der Waals surface area contributed by atoms with Gasteiger partial charge in [0.15, 0.2) is 0 Å². The van der Waals surface area contributed by atoms with E-state index in [4.69, 9.17) is 16.3 Å². The second-order valence-corrected chi connectivity index (χ2v) is 6.36. The topological polar surface area (TPSA) is 47.4 Å². The Balaban J connectivity index is 1.75. The van der Waals surface area contributed by atoms with Crippen LogP contribution in [0, 0.1) is 6.92 Å².